The Morgan fingerprint density at radius 3 is 2.79 bits per heavy atom. The SMILES string of the molecule is CCC(C)(CC)NCc1cn(CCCCS(=O)(=O)OCC(Cn2ccnc2[N+](=O)[O-])OC2CCCCO2)nn1. The molecule has 2 unspecified atom stereocenters. The van der Waals surface area contributed by atoms with Crippen molar-refractivity contribution in [1.82, 2.24) is 29.9 Å². The van der Waals surface area contributed by atoms with Gasteiger partial charge in [0.1, 0.15) is 25.0 Å². The van der Waals surface area contributed by atoms with Crippen molar-refractivity contribution in [3.05, 3.63) is 34.4 Å². The number of rotatable bonds is 18. The van der Waals surface area contributed by atoms with Crippen LogP contribution in [-0.2, 0) is 43.4 Å². The van der Waals surface area contributed by atoms with Crippen LogP contribution in [0, 0.1) is 10.1 Å². The lowest BCUT2D eigenvalue weighted by Crippen LogP contribution is -2.40. The van der Waals surface area contributed by atoms with Crippen LogP contribution in [0.1, 0.15) is 71.4 Å². The van der Waals surface area contributed by atoms with Crippen LogP contribution in [0.4, 0.5) is 5.95 Å². The molecule has 3 heterocycles. The summed E-state index contributed by atoms with van der Waals surface area (Å²) < 4.78 is 45.0. The van der Waals surface area contributed by atoms with Crippen LogP contribution < -0.4 is 5.32 Å². The van der Waals surface area contributed by atoms with Crippen molar-refractivity contribution in [2.45, 2.75) is 103 Å². The molecule has 0 aliphatic carbocycles. The number of ether oxygens (including phenoxy) is 2. The average Bonchev–Trinajstić information content (AvgIpc) is 3.59. The molecule has 39 heavy (non-hydrogen) atoms. The molecule has 0 radical (unpaired) electrons. The summed E-state index contributed by atoms with van der Waals surface area (Å²) in [6, 6.07) is 0. The fraction of sp³-hybridized carbons (Fsp3) is 0.792. The maximum absolute atomic E-state index is 12.6. The van der Waals surface area contributed by atoms with Crippen molar-refractivity contribution in [2.75, 3.05) is 19.0 Å². The fourth-order valence-electron chi connectivity index (χ4n) is 4.13. The van der Waals surface area contributed by atoms with E-state index in [1.807, 2.05) is 6.20 Å². The lowest BCUT2D eigenvalue weighted by molar-refractivity contribution is -0.397. The molecule has 1 N–H and O–H groups in total. The van der Waals surface area contributed by atoms with Gasteiger partial charge in [0.2, 0.25) is 0 Å². The van der Waals surface area contributed by atoms with Crippen molar-refractivity contribution in [3.63, 3.8) is 0 Å². The number of imidazole rings is 1. The molecule has 2 aromatic heterocycles. The second-order valence-corrected chi connectivity index (χ2v) is 11.8. The third-order valence-corrected chi connectivity index (χ3v) is 8.33. The Hall–Kier alpha value is -2.46. The summed E-state index contributed by atoms with van der Waals surface area (Å²) in [6.45, 7) is 7.90. The Morgan fingerprint density at radius 1 is 1.31 bits per heavy atom. The molecule has 1 aliphatic rings. The maximum atomic E-state index is 12.6. The van der Waals surface area contributed by atoms with Gasteiger partial charge in [0.25, 0.3) is 10.1 Å². The Labute approximate surface area is 229 Å². The molecule has 2 atom stereocenters. The van der Waals surface area contributed by atoms with E-state index in [0.717, 1.165) is 31.4 Å². The monoisotopic (exact) mass is 571 g/mol. The second kappa shape index (κ2) is 14.8. The number of nitrogens with zero attached hydrogens (tertiary/aromatic N) is 6. The highest BCUT2D eigenvalue weighted by molar-refractivity contribution is 7.86. The van der Waals surface area contributed by atoms with E-state index in [1.165, 1.54) is 17.0 Å². The molecule has 0 bridgehead atoms. The lowest BCUT2D eigenvalue weighted by Gasteiger charge is -2.27. The van der Waals surface area contributed by atoms with Gasteiger partial charge in [0.15, 0.2) is 6.29 Å². The number of nitro groups is 1. The van der Waals surface area contributed by atoms with E-state index in [0.29, 0.717) is 39.0 Å². The van der Waals surface area contributed by atoms with Gasteiger partial charge < -0.3 is 24.9 Å². The van der Waals surface area contributed by atoms with E-state index in [4.69, 9.17) is 13.7 Å². The Bertz CT molecular complexity index is 1130. The van der Waals surface area contributed by atoms with Gasteiger partial charge in [0, 0.05) is 31.4 Å². The minimum Gasteiger partial charge on any atom is -0.390 e. The standard InChI is InChI=1S/C24H41N7O7S/c1-4-24(3,5-2)26-16-20-17-30(28-27-20)12-7-9-15-39(34,35)37-19-21(38-22-10-6-8-14-36-22)18-29-13-11-25-23(29)31(32)33/h11,13,17,21-22,26H,4-10,12,14-16,18-19H2,1-3H3. The third-order valence-electron chi connectivity index (χ3n) is 7.05. The van der Waals surface area contributed by atoms with Gasteiger partial charge in [-0.25, -0.2) is 4.57 Å². The molecule has 1 fully saturated rings. The first-order chi connectivity index (χ1) is 18.6. The first-order valence-electron chi connectivity index (χ1n) is 13.6. The summed E-state index contributed by atoms with van der Waals surface area (Å²) in [7, 11) is -3.84. The molecule has 0 amide bonds. The molecular formula is C24H41N7O7S. The minimum atomic E-state index is -3.84. The quantitative estimate of drug-likeness (QED) is 0.121. The van der Waals surface area contributed by atoms with Crippen LogP contribution in [0.2, 0.25) is 0 Å². The number of nitrogens with one attached hydrogen (secondary N) is 1. The van der Waals surface area contributed by atoms with E-state index in [-0.39, 0.29) is 30.4 Å². The minimum absolute atomic E-state index is 0.00481. The van der Waals surface area contributed by atoms with Gasteiger partial charge in [-0.2, -0.15) is 8.42 Å². The predicted octanol–water partition coefficient (Wildman–Crippen LogP) is 2.79. The van der Waals surface area contributed by atoms with Crippen LogP contribution >= 0.6 is 0 Å². The summed E-state index contributed by atoms with van der Waals surface area (Å²) in [4.78, 5) is 14.4. The van der Waals surface area contributed by atoms with Crippen molar-refractivity contribution in [2.24, 2.45) is 0 Å². The Kier molecular flexibility index (Phi) is 11.8. The largest absolute Gasteiger partial charge is 0.434 e. The van der Waals surface area contributed by atoms with Crippen LogP contribution in [0.15, 0.2) is 18.6 Å². The topological polar surface area (TPSA) is 166 Å². The molecule has 0 spiro atoms. The summed E-state index contributed by atoms with van der Waals surface area (Å²) in [6.07, 6.45) is 8.82. The van der Waals surface area contributed by atoms with Gasteiger partial charge in [-0.3, -0.25) is 8.86 Å². The lowest BCUT2D eigenvalue weighted by atomic mass is 9.95. The van der Waals surface area contributed by atoms with E-state index in [2.05, 4.69) is 41.4 Å². The van der Waals surface area contributed by atoms with Gasteiger partial charge in [-0.1, -0.05) is 24.0 Å². The number of aryl methyl sites for hydroxylation is 1. The first kappa shape index (κ1) is 31.1. The van der Waals surface area contributed by atoms with Crippen molar-refractivity contribution >= 4 is 16.1 Å². The third kappa shape index (κ3) is 10.2. The van der Waals surface area contributed by atoms with Crippen molar-refractivity contribution < 1.29 is 27.0 Å². The van der Waals surface area contributed by atoms with Crippen molar-refractivity contribution in [1.29, 1.82) is 0 Å². The van der Waals surface area contributed by atoms with Crippen LogP contribution in [0.25, 0.3) is 0 Å². The first-order valence-corrected chi connectivity index (χ1v) is 15.1. The molecule has 15 heteroatoms. The number of unbranched alkanes of at least 4 members (excludes halogenated alkanes) is 1. The zero-order valence-corrected chi connectivity index (χ0v) is 23.8. The summed E-state index contributed by atoms with van der Waals surface area (Å²) in [5.74, 6) is -0.521. The average molecular weight is 572 g/mol. The fourth-order valence-corrected chi connectivity index (χ4v) is 5.16. The van der Waals surface area contributed by atoms with Crippen molar-refractivity contribution in [3.8, 4) is 0 Å². The number of aromatic nitrogens is 5. The number of hydrogen-bond donors (Lipinski definition) is 1. The van der Waals surface area contributed by atoms with Crippen LogP contribution in [0.3, 0.4) is 0 Å². The molecule has 0 saturated carbocycles. The van der Waals surface area contributed by atoms with Gasteiger partial charge in [0.05, 0.1) is 18.1 Å². The van der Waals surface area contributed by atoms with Gasteiger partial charge >= 0.3 is 5.95 Å². The van der Waals surface area contributed by atoms with E-state index < -0.39 is 27.4 Å². The summed E-state index contributed by atoms with van der Waals surface area (Å²) in [5.41, 5.74) is 0.893. The molecule has 14 nitrogen and oxygen atoms in total. The molecule has 1 saturated heterocycles. The molecule has 2 aromatic rings. The van der Waals surface area contributed by atoms with E-state index in [1.54, 1.807) is 4.68 Å². The number of hydrogen-bond acceptors (Lipinski definition) is 11. The maximum Gasteiger partial charge on any atom is 0.434 e. The second-order valence-electron chi connectivity index (χ2n) is 10.0. The predicted molar refractivity (Wildman–Crippen MR) is 142 cm³/mol. The van der Waals surface area contributed by atoms with Gasteiger partial charge in [-0.05, 0) is 56.8 Å². The molecule has 1 aliphatic heterocycles. The van der Waals surface area contributed by atoms with Crippen LogP contribution in [0.5, 0.6) is 0 Å². The smallest absolute Gasteiger partial charge is 0.390 e. The highest BCUT2D eigenvalue weighted by atomic mass is 32.2. The molecule has 0 aromatic carbocycles. The molecule has 220 valence electrons. The highest BCUT2D eigenvalue weighted by Crippen LogP contribution is 2.19. The molecular weight excluding hydrogens is 530 g/mol. The zero-order valence-electron chi connectivity index (χ0n) is 23.0. The van der Waals surface area contributed by atoms with E-state index in [9.17, 15) is 18.5 Å². The highest BCUT2D eigenvalue weighted by Gasteiger charge is 2.26. The normalized spacial score (nSPS) is 17.4. The summed E-state index contributed by atoms with van der Waals surface area (Å²) >= 11 is 0. The summed E-state index contributed by atoms with van der Waals surface area (Å²) in [5, 5.41) is 23.1. The van der Waals surface area contributed by atoms with Crippen LogP contribution in [-0.4, -0.2) is 74.8 Å². The Morgan fingerprint density at radius 2 is 2.10 bits per heavy atom. The van der Waals surface area contributed by atoms with Gasteiger partial charge in [-0.15, -0.1) is 5.10 Å². The van der Waals surface area contributed by atoms with E-state index >= 15 is 0 Å². The Balaban J connectivity index is 1.46. The molecule has 3 rings (SSSR count). The zero-order chi connectivity index (χ0) is 28.3.